The highest BCUT2D eigenvalue weighted by Gasteiger charge is 2.19. The fourth-order valence-corrected chi connectivity index (χ4v) is 2.01. The third-order valence-corrected chi connectivity index (χ3v) is 3.07. The number of aromatic nitrogens is 2. The van der Waals surface area contributed by atoms with E-state index in [2.05, 4.69) is 29.4 Å². The molecule has 0 bridgehead atoms. The van der Waals surface area contributed by atoms with Gasteiger partial charge in [0.15, 0.2) is 5.82 Å². The van der Waals surface area contributed by atoms with E-state index in [1.54, 1.807) is 0 Å². The minimum Gasteiger partial charge on any atom is -0.478 e. The van der Waals surface area contributed by atoms with Crippen LogP contribution in [0.3, 0.4) is 0 Å². The first-order chi connectivity index (χ1) is 9.01. The summed E-state index contributed by atoms with van der Waals surface area (Å²) in [6, 6.07) is 0. The minimum atomic E-state index is -0.937. The van der Waals surface area contributed by atoms with Crippen molar-refractivity contribution in [3.05, 3.63) is 16.8 Å². The fourth-order valence-electron chi connectivity index (χ4n) is 2.01. The SMILES string of the molecule is CCc1nnc(NCCC(C)C)c(C(=O)O)c1CC. The van der Waals surface area contributed by atoms with Crippen molar-refractivity contribution >= 4 is 11.8 Å². The number of aryl methyl sites for hydroxylation is 1. The Labute approximate surface area is 114 Å². The molecule has 19 heavy (non-hydrogen) atoms. The van der Waals surface area contributed by atoms with E-state index < -0.39 is 5.97 Å². The first-order valence-corrected chi connectivity index (χ1v) is 6.86. The molecule has 1 aromatic heterocycles. The van der Waals surface area contributed by atoms with Crippen LogP contribution >= 0.6 is 0 Å². The van der Waals surface area contributed by atoms with Gasteiger partial charge in [0.1, 0.15) is 5.56 Å². The van der Waals surface area contributed by atoms with Crippen LogP contribution in [-0.4, -0.2) is 27.8 Å². The lowest BCUT2D eigenvalue weighted by molar-refractivity contribution is 0.0696. The Morgan fingerprint density at radius 2 is 1.95 bits per heavy atom. The number of rotatable bonds is 7. The molecule has 0 radical (unpaired) electrons. The predicted octanol–water partition coefficient (Wildman–Crippen LogP) is 2.76. The Hall–Kier alpha value is -1.65. The van der Waals surface area contributed by atoms with Gasteiger partial charge in [-0.05, 0) is 30.7 Å². The summed E-state index contributed by atoms with van der Waals surface area (Å²) in [5.74, 6) is 0.0185. The maximum absolute atomic E-state index is 11.5. The van der Waals surface area contributed by atoms with Crippen molar-refractivity contribution < 1.29 is 9.90 Å². The molecule has 106 valence electrons. The van der Waals surface area contributed by atoms with Gasteiger partial charge in [0, 0.05) is 6.54 Å². The molecule has 0 atom stereocenters. The van der Waals surface area contributed by atoms with Crippen molar-refractivity contribution in [3.8, 4) is 0 Å². The number of anilines is 1. The Morgan fingerprint density at radius 1 is 1.26 bits per heavy atom. The monoisotopic (exact) mass is 265 g/mol. The standard InChI is InChI=1S/C14H23N3O2/c1-5-10-11(6-2)16-17-13(12(10)14(18)19)15-8-7-9(3)4/h9H,5-8H2,1-4H3,(H,15,17)(H,18,19). The third-order valence-electron chi connectivity index (χ3n) is 3.07. The lowest BCUT2D eigenvalue weighted by Gasteiger charge is -2.14. The topological polar surface area (TPSA) is 75.1 Å². The maximum atomic E-state index is 11.5. The first kappa shape index (κ1) is 15.4. The van der Waals surface area contributed by atoms with Crippen LogP contribution in [0.25, 0.3) is 0 Å². The normalized spacial score (nSPS) is 10.8. The molecular formula is C14H23N3O2. The van der Waals surface area contributed by atoms with Crippen LogP contribution in [0.4, 0.5) is 5.82 Å². The Bertz CT molecular complexity index is 445. The molecule has 0 aliphatic heterocycles. The molecule has 1 heterocycles. The summed E-state index contributed by atoms with van der Waals surface area (Å²) in [5, 5.41) is 20.7. The average molecular weight is 265 g/mol. The van der Waals surface area contributed by atoms with Crippen molar-refractivity contribution in [1.82, 2.24) is 10.2 Å². The quantitative estimate of drug-likeness (QED) is 0.793. The van der Waals surface area contributed by atoms with E-state index in [1.165, 1.54) is 0 Å². The van der Waals surface area contributed by atoms with Gasteiger partial charge in [-0.25, -0.2) is 4.79 Å². The summed E-state index contributed by atoms with van der Waals surface area (Å²) in [6.07, 6.45) is 2.32. The summed E-state index contributed by atoms with van der Waals surface area (Å²) in [7, 11) is 0. The predicted molar refractivity (Wildman–Crippen MR) is 75.7 cm³/mol. The van der Waals surface area contributed by atoms with Crippen LogP contribution in [0.1, 0.15) is 55.7 Å². The van der Waals surface area contributed by atoms with Gasteiger partial charge in [-0.15, -0.1) is 5.10 Å². The molecule has 1 rings (SSSR count). The lowest BCUT2D eigenvalue weighted by atomic mass is 10.0. The molecule has 0 aliphatic carbocycles. The molecule has 0 spiro atoms. The number of aromatic carboxylic acids is 1. The Balaban J connectivity index is 3.06. The number of nitrogens with zero attached hydrogens (tertiary/aromatic N) is 2. The van der Waals surface area contributed by atoms with Crippen LogP contribution in [0.2, 0.25) is 0 Å². The third kappa shape index (κ3) is 3.91. The maximum Gasteiger partial charge on any atom is 0.339 e. The van der Waals surface area contributed by atoms with Crippen molar-refractivity contribution in [2.24, 2.45) is 5.92 Å². The summed E-state index contributed by atoms with van der Waals surface area (Å²) in [4.78, 5) is 11.5. The number of hydrogen-bond acceptors (Lipinski definition) is 4. The van der Waals surface area contributed by atoms with Crippen molar-refractivity contribution in [2.45, 2.75) is 47.0 Å². The summed E-state index contributed by atoms with van der Waals surface area (Å²) in [5.41, 5.74) is 1.84. The highest BCUT2D eigenvalue weighted by atomic mass is 16.4. The van der Waals surface area contributed by atoms with Crippen LogP contribution in [0.15, 0.2) is 0 Å². The molecule has 0 saturated heterocycles. The molecule has 5 heteroatoms. The van der Waals surface area contributed by atoms with E-state index in [0.717, 1.165) is 17.7 Å². The zero-order valence-electron chi connectivity index (χ0n) is 12.2. The molecule has 1 aromatic rings. The average Bonchev–Trinajstić information content (AvgIpc) is 2.37. The van der Waals surface area contributed by atoms with Gasteiger partial charge < -0.3 is 10.4 Å². The molecule has 0 saturated carbocycles. The summed E-state index contributed by atoms with van der Waals surface area (Å²) in [6.45, 7) is 8.87. The highest BCUT2D eigenvalue weighted by Crippen LogP contribution is 2.21. The number of hydrogen-bond donors (Lipinski definition) is 2. The zero-order valence-corrected chi connectivity index (χ0v) is 12.2. The molecule has 2 N–H and O–H groups in total. The highest BCUT2D eigenvalue weighted by molar-refractivity contribution is 5.95. The second kappa shape index (κ2) is 7.07. The van der Waals surface area contributed by atoms with E-state index in [4.69, 9.17) is 0 Å². The van der Waals surface area contributed by atoms with Crippen molar-refractivity contribution in [3.63, 3.8) is 0 Å². The number of nitrogens with one attached hydrogen (secondary N) is 1. The van der Waals surface area contributed by atoms with E-state index in [-0.39, 0.29) is 5.56 Å². The van der Waals surface area contributed by atoms with Crippen LogP contribution in [-0.2, 0) is 12.8 Å². The summed E-state index contributed by atoms with van der Waals surface area (Å²) >= 11 is 0. The second-order valence-electron chi connectivity index (χ2n) is 4.97. The molecule has 0 aliphatic rings. The van der Waals surface area contributed by atoms with E-state index >= 15 is 0 Å². The van der Waals surface area contributed by atoms with Gasteiger partial charge in [0.05, 0.1) is 5.69 Å². The fraction of sp³-hybridized carbons (Fsp3) is 0.643. The molecule has 0 aromatic carbocycles. The Morgan fingerprint density at radius 3 is 2.42 bits per heavy atom. The van der Waals surface area contributed by atoms with Gasteiger partial charge in [0.2, 0.25) is 0 Å². The first-order valence-electron chi connectivity index (χ1n) is 6.86. The van der Waals surface area contributed by atoms with E-state index in [9.17, 15) is 9.90 Å². The second-order valence-corrected chi connectivity index (χ2v) is 4.97. The molecule has 0 fully saturated rings. The summed E-state index contributed by atoms with van der Waals surface area (Å²) < 4.78 is 0. The number of carbonyl (C=O) groups is 1. The van der Waals surface area contributed by atoms with Gasteiger partial charge in [-0.1, -0.05) is 27.7 Å². The molecule has 0 unspecified atom stereocenters. The molecule has 5 nitrogen and oxygen atoms in total. The van der Waals surface area contributed by atoms with Gasteiger partial charge in [-0.3, -0.25) is 0 Å². The number of carboxylic acid groups (broad SMARTS) is 1. The minimum absolute atomic E-state index is 0.276. The van der Waals surface area contributed by atoms with E-state index in [1.807, 2.05) is 13.8 Å². The smallest absolute Gasteiger partial charge is 0.339 e. The molecule has 0 amide bonds. The van der Waals surface area contributed by atoms with E-state index in [0.29, 0.717) is 31.1 Å². The van der Waals surface area contributed by atoms with Crippen LogP contribution in [0, 0.1) is 5.92 Å². The number of carboxylic acids is 1. The van der Waals surface area contributed by atoms with Gasteiger partial charge >= 0.3 is 5.97 Å². The Kier molecular flexibility index (Phi) is 5.73. The largest absolute Gasteiger partial charge is 0.478 e. The van der Waals surface area contributed by atoms with Crippen molar-refractivity contribution in [1.29, 1.82) is 0 Å². The van der Waals surface area contributed by atoms with Crippen LogP contribution < -0.4 is 5.32 Å². The van der Waals surface area contributed by atoms with Crippen LogP contribution in [0.5, 0.6) is 0 Å². The van der Waals surface area contributed by atoms with Gasteiger partial charge in [0.25, 0.3) is 0 Å². The van der Waals surface area contributed by atoms with Crippen molar-refractivity contribution in [2.75, 3.05) is 11.9 Å². The lowest BCUT2D eigenvalue weighted by Crippen LogP contribution is -2.16. The molecular weight excluding hydrogens is 242 g/mol. The zero-order chi connectivity index (χ0) is 14.4. The van der Waals surface area contributed by atoms with Gasteiger partial charge in [-0.2, -0.15) is 5.10 Å².